The van der Waals surface area contributed by atoms with Gasteiger partial charge in [0.2, 0.25) is 5.89 Å². The van der Waals surface area contributed by atoms with Crippen LogP contribution in [0.5, 0.6) is 0 Å². The second kappa shape index (κ2) is 11.4. The number of aliphatic carboxylic acids is 1. The molecule has 0 aliphatic heterocycles. The van der Waals surface area contributed by atoms with Crippen LogP contribution in [0.15, 0.2) is 58.2 Å². The lowest BCUT2D eigenvalue weighted by Crippen LogP contribution is -2.21. The zero-order valence-corrected chi connectivity index (χ0v) is 18.4. The molecule has 0 spiro atoms. The molecule has 0 amide bonds. The smallest absolute Gasteiger partial charge is 0.475 e. The topological polar surface area (TPSA) is 119 Å². The molecule has 0 saturated carbocycles. The number of hydrogen-bond donors (Lipinski definition) is 2. The Bertz CT molecular complexity index is 1080. The summed E-state index contributed by atoms with van der Waals surface area (Å²) in [5.74, 6) is -2.29. The monoisotopic (exact) mass is 509 g/mol. The van der Waals surface area contributed by atoms with Crippen molar-refractivity contribution in [2.75, 3.05) is 0 Å². The zero-order chi connectivity index (χ0) is 23.9. The highest BCUT2D eigenvalue weighted by atomic mass is 35.5. The van der Waals surface area contributed by atoms with Crippen LogP contribution >= 0.6 is 23.2 Å². The fourth-order valence-electron chi connectivity index (χ4n) is 2.26. The molecule has 2 atom stereocenters. The normalized spacial score (nSPS) is 13.1. The van der Waals surface area contributed by atoms with Gasteiger partial charge in [0, 0.05) is 0 Å². The molecule has 3 aromatic rings. The fourth-order valence-corrected chi connectivity index (χ4v) is 3.50. The Morgan fingerprint density at radius 3 is 2.28 bits per heavy atom. The number of aromatic nitrogens is 2. The van der Waals surface area contributed by atoms with Gasteiger partial charge in [0.25, 0.3) is 0 Å². The Labute approximate surface area is 192 Å². The van der Waals surface area contributed by atoms with Gasteiger partial charge in [-0.1, -0.05) is 64.7 Å². The van der Waals surface area contributed by atoms with Crippen molar-refractivity contribution in [2.45, 2.75) is 29.6 Å². The van der Waals surface area contributed by atoms with Gasteiger partial charge >= 0.3 is 17.4 Å². The second-order valence-corrected chi connectivity index (χ2v) is 8.39. The number of carbonyl (C=O) groups is 1. The summed E-state index contributed by atoms with van der Waals surface area (Å²) in [5.41, 5.74) is 7.93. The van der Waals surface area contributed by atoms with E-state index < -0.39 is 29.0 Å². The average molecular weight is 510 g/mol. The van der Waals surface area contributed by atoms with Gasteiger partial charge in [-0.25, -0.2) is 9.00 Å². The molecule has 172 valence electrons. The first-order valence-electron chi connectivity index (χ1n) is 8.72. The minimum Gasteiger partial charge on any atom is -0.475 e. The summed E-state index contributed by atoms with van der Waals surface area (Å²) in [6.45, 7) is 0. The van der Waals surface area contributed by atoms with E-state index in [1.165, 1.54) is 0 Å². The molecule has 0 fully saturated rings. The first-order chi connectivity index (χ1) is 15.0. The molecule has 0 bridgehead atoms. The summed E-state index contributed by atoms with van der Waals surface area (Å²) in [6.07, 6.45) is -4.53. The van der Waals surface area contributed by atoms with Crippen LogP contribution in [0.2, 0.25) is 10.0 Å². The van der Waals surface area contributed by atoms with Crippen molar-refractivity contribution >= 4 is 40.0 Å². The van der Waals surface area contributed by atoms with Crippen molar-refractivity contribution in [3.63, 3.8) is 0 Å². The lowest BCUT2D eigenvalue weighted by atomic mass is 10.1. The predicted octanol–water partition coefficient (Wildman–Crippen LogP) is 4.56. The highest BCUT2D eigenvalue weighted by Gasteiger charge is 2.38. The third kappa shape index (κ3) is 7.90. The van der Waals surface area contributed by atoms with Crippen molar-refractivity contribution in [1.82, 2.24) is 10.2 Å². The number of alkyl halides is 3. The van der Waals surface area contributed by atoms with Gasteiger partial charge in [-0.15, -0.1) is 5.10 Å². The SMILES string of the molecule is NC(Cc1ccccc1)c1nnc(S(=O)Cc2ccc(Cl)c(Cl)c2)o1.O=C(O)C(F)(F)F. The Hall–Kier alpha value is -2.47. The number of hydrogen-bond acceptors (Lipinski definition) is 6. The van der Waals surface area contributed by atoms with Crippen LogP contribution in [0, 0.1) is 0 Å². The van der Waals surface area contributed by atoms with Crippen LogP contribution < -0.4 is 5.73 Å². The van der Waals surface area contributed by atoms with Crippen molar-refractivity contribution in [2.24, 2.45) is 5.73 Å². The minimum absolute atomic E-state index is 0.0459. The van der Waals surface area contributed by atoms with Crippen molar-refractivity contribution in [1.29, 1.82) is 0 Å². The molecular formula is C19H16Cl2F3N3O4S. The van der Waals surface area contributed by atoms with E-state index in [1.807, 2.05) is 30.3 Å². The highest BCUT2D eigenvalue weighted by molar-refractivity contribution is 7.84. The summed E-state index contributed by atoms with van der Waals surface area (Å²) >= 11 is 11.8. The Kier molecular flexibility index (Phi) is 9.20. The van der Waals surface area contributed by atoms with Crippen LogP contribution in [0.25, 0.3) is 0 Å². The molecule has 0 aliphatic carbocycles. The molecule has 32 heavy (non-hydrogen) atoms. The van der Waals surface area contributed by atoms with Crippen molar-refractivity contribution < 1.29 is 31.7 Å². The van der Waals surface area contributed by atoms with E-state index in [-0.39, 0.29) is 16.9 Å². The average Bonchev–Trinajstić information content (AvgIpc) is 3.22. The van der Waals surface area contributed by atoms with Gasteiger partial charge in [-0.05, 0) is 29.7 Å². The molecule has 0 radical (unpaired) electrons. The largest absolute Gasteiger partial charge is 0.490 e. The third-order valence-electron chi connectivity index (χ3n) is 3.76. The van der Waals surface area contributed by atoms with Crippen LogP contribution in [0.4, 0.5) is 13.2 Å². The summed E-state index contributed by atoms with van der Waals surface area (Å²) < 4.78 is 49.6. The Balaban J connectivity index is 0.000000451. The van der Waals surface area contributed by atoms with Gasteiger partial charge in [0.1, 0.15) is 10.8 Å². The van der Waals surface area contributed by atoms with Crippen LogP contribution in [0.1, 0.15) is 23.1 Å². The lowest BCUT2D eigenvalue weighted by Gasteiger charge is -2.06. The molecule has 1 aromatic heterocycles. The minimum atomic E-state index is -5.08. The number of benzene rings is 2. The standard InChI is InChI=1S/C17H15Cl2N3O2S.C2HF3O2/c18-13-7-6-12(8-14(13)19)10-25(23)17-22-21-16(24-17)15(20)9-11-4-2-1-3-5-11;3-2(4,5)1(6)7/h1-8,15H,9-10,20H2;(H,6,7). The first-order valence-corrected chi connectivity index (χ1v) is 10.8. The Morgan fingerprint density at radius 1 is 1.09 bits per heavy atom. The highest BCUT2D eigenvalue weighted by Crippen LogP contribution is 2.24. The predicted molar refractivity (Wildman–Crippen MR) is 112 cm³/mol. The van der Waals surface area contributed by atoms with E-state index in [0.29, 0.717) is 16.5 Å². The molecule has 0 saturated heterocycles. The van der Waals surface area contributed by atoms with Gasteiger partial charge in [-0.2, -0.15) is 13.2 Å². The first kappa shape index (κ1) is 25.8. The number of nitrogens with zero attached hydrogens (tertiary/aromatic N) is 2. The second-order valence-electron chi connectivity index (χ2n) is 6.24. The van der Waals surface area contributed by atoms with E-state index >= 15 is 0 Å². The van der Waals surface area contributed by atoms with Gasteiger partial charge < -0.3 is 15.3 Å². The number of rotatable bonds is 6. The number of nitrogens with two attached hydrogens (primary N) is 1. The number of carboxylic acids is 1. The molecular weight excluding hydrogens is 494 g/mol. The van der Waals surface area contributed by atoms with Gasteiger partial charge in [0.15, 0.2) is 0 Å². The third-order valence-corrected chi connectivity index (χ3v) is 5.65. The molecule has 13 heteroatoms. The number of halogens is 5. The Morgan fingerprint density at radius 2 is 1.72 bits per heavy atom. The van der Waals surface area contributed by atoms with E-state index in [4.69, 9.17) is 43.3 Å². The zero-order valence-electron chi connectivity index (χ0n) is 16.1. The molecule has 3 rings (SSSR count). The summed E-state index contributed by atoms with van der Waals surface area (Å²) in [6, 6.07) is 14.4. The van der Waals surface area contributed by atoms with Crippen molar-refractivity contribution in [3.05, 3.63) is 75.6 Å². The molecule has 0 aliphatic rings. The van der Waals surface area contributed by atoms with Crippen LogP contribution in [-0.2, 0) is 27.8 Å². The maximum absolute atomic E-state index is 12.4. The van der Waals surface area contributed by atoms with E-state index in [2.05, 4.69) is 10.2 Å². The van der Waals surface area contributed by atoms with Crippen LogP contribution in [0.3, 0.4) is 0 Å². The van der Waals surface area contributed by atoms with E-state index in [0.717, 1.165) is 11.1 Å². The van der Waals surface area contributed by atoms with E-state index in [1.54, 1.807) is 18.2 Å². The molecule has 3 N–H and O–H groups in total. The molecule has 7 nitrogen and oxygen atoms in total. The summed E-state index contributed by atoms with van der Waals surface area (Å²) in [5, 5.41) is 15.8. The van der Waals surface area contributed by atoms with E-state index in [9.17, 15) is 17.4 Å². The number of carboxylic acid groups (broad SMARTS) is 1. The quantitative estimate of drug-likeness (QED) is 0.499. The van der Waals surface area contributed by atoms with Gasteiger partial charge in [-0.3, -0.25) is 0 Å². The molecule has 2 unspecified atom stereocenters. The van der Waals surface area contributed by atoms with Crippen LogP contribution in [-0.4, -0.2) is 31.7 Å². The maximum Gasteiger partial charge on any atom is 0.490 e. The lowest BCUT2D eigenvalue weighted by molar-refractivity contribution is -0.192. The van der Waals surface area contributed by atoms with Gasteiger partial charge in [0.05, 0.1) is 21.8 Å². The summed E-state index contributed by atoms with van der Waals surface area (Å²) in [4.78, 5) is 8.90. The summed E-state index contributed by atoms with van der Waals surface area (Å²) in [7, 11) is -1.49. The molecule has 1 heterocycles. The van der Waals surface area contributed by atoms with Crippen molar-refractivity contribution in [3.8, 4) is 0 Å². The fraction of sp³-hybridized carbons (Fsp3) is 0.211. The molecule has 2 aromatic carbocycles. The maximum atomic E-state index is 12.4.